The van der Waals surface area contributed by atoms with Gasteiger partial charge in [0, 0.05) is 19.8 Å². The van der Waals surface area contributed by atoms with E-state index in [0.717, 1.165) is 0 Å². The van der Waals surface area contributed by atoms with E-state index in [2.05, 4.69) is 0 Å². The van der Waals surface area contributed by atoms with Gasteiger partial charge < -0.3 is 15.2 Å². The van der Waals surface area contributed by atoms with Crippen LogP contribution in [0, 0.1) is 29.1 Å². The third-order valence-electron chi connectivity index (χ3n) is 2.97. The molecule has 0 radical (unpaired) electrons. The topological polar surface area (TPSA) is 102 Å². The fourth-order valence-electron chi connectivity index (χ4n) is 2.11. The average molecular weight is 284 g/mol. The van der Waals surface area contributed by atoms with Gasteiger partial charge in [-0.1, -0.05) is 25.6 Å². The maximum atomic E-state index is 11.9. The Morgan fingerprint density at radius 2 is 1.95 bits per heavy atom. The number of cyclic esters (lactones) is 2. The lowest BCUT2D eigenvalue weighted by Gasteiger charge is -2.36. The molecule has 6 nitrogen and oxygen atoms in total. The van der Waals surface area contributed by atoms with Crippen molar-refractivity contribution in [3.05, 3.63) is 0 Å². The molecule has 0 amide bonds. The molecular formula is C12H16N2O4S. The summed E-state index contributed by atoms with van der Waals surface area (Å²) in [6, 6.07) is 1.93. The molecule has 0 saturated carbocycles. The molecule has 2 atom stereocenters. The van der Waals surface area contributed by atoms with Gasteiger partial charge in [-0.15, -0.1) is 0 Å². The number of carbonyl (C=O) groups is 2. The Morgan fingerprint density at radius 1 is 1.47 bits per heavy atom. The van der Waals surface area contributed by atoms with Gasteiger partial charge in [0.15, 0.2) is 5.92 Å². The lowest BCUT2D eigenvalue weighted by Crippen LogP contribution is -2.50. The molecule has 19 heavy (non-hydrogen) atoms. The quantitative estimate of drug-likeness (QED) is 0.464. The van der Waals surface area contributed by atoms with Gasteiger partial charge in [0.2, 0.25) is 0 Å². The Bertz CT molecular complexity index is 435. The third-order valence-corrected chi connectivity index (χ3v) is 3.23. The van der Waals surface area contributed by atoms with Gasteiger partial charge in [0.05, 0.1) is 11.1 Å². The number of hydrogen-bond donors (Lipinski definition) is 1. The van der Waals surface area contributed by atoms with Crippen LogP contribution in [0.25, 0.3) is 0 Å². The summed E-state index contributed by atoms with van der Waals surface area (Å²) >= 11 is 4.80. The first-order valence-electron chi connectivity index (χ1n) is 5.88. The number of hydrogen-bond acceptors (Lipinski definition) is 6. The largest absolute Gasteiger partial charge is 0.422 e. The Morgan fingerprint density at radius 3 is 2.26 bits per heavy atom. The molecule has 1 aliphatic rings. The predicted octanol–water partition coefficient (Wildman–Crippen LogP) is 0.891. The van der Waals surface area contributed by atoms with E-state index in [4.69, 9.17) is 32.7 Å². The number of nitrogens with two attached hydrogens (primary N) is 1. The second kappa shape index (κ2) is 5.53. The van der Waals surface area contributed by atoms with Crippen LogP contribution in [-0.2, 0) is 19.1 Å². The average Bonchev–Trinajstić information content (AvgIpc) is 2.24. The maximum Gasteiger partial charge on any atom is 0.323 e. The van der Waals surface area contributed by atoms with E-state index in [9.17, 15) is 9.59 Å². The van der Waals surface area contributed by atoms with Crippen molar-refractivity contribution in [1.82, 2.24) is 0 Å². The van der Waals surface area contributed by atoms with Crippen LogP contribution in [0.3, 0.4) is 0 Å². The summed E-state index contributed by atoms with van der Waals surface area (Å²) in [6.45, 7) is 4.68. The Kier molecular flexibility index (Phi) is 4.48. The molecule has 0 unspecified atom stereocenters. The molecule has 104 valence electrons. The number of rotatable bonds is 4. The van der Waals surface area contributed by atoms with Crippen molar-refractivity contribution in [3.8, 4) is 6.07 Å². The minimum atomic E-state index is -1.28. The van der Waals surface area contributed by atoms with Crippen molar-refractivity contribution < 1.29 is 19.1 Å². The normalized spacial score (nSPS) is 21.8. The summed E-state index contributed by atoms with van der Waals surface area (Å²) in [5.41, 5.74) is 5.48. The van der Waals surface area contributed by atoms with E-state index >= 15 is 0 Å². The second-order valence-corrected chi connectivity index (χ2v) is 5.27. The van der Waals surface area contributed by atoms with Crippen molar-refractivity contribution in [2.75, 3.05) is 0 Å². The Balaban J connectivity index is 3.06. The number of esters is 2. The van der Waals surface area contributed by atoms with Crippen LogP contribution in [0.1, 0.15) is 27.2 Å². The summed E-state index contributed by atoms with van der Waals surface area (Å²) in [4.78, 5) is 23.9. The molecule has 1 saturated heterocycles. The summed E-state index contributed by atoms with van der Waals surface area (Å²) in [5.74, 6) is -5.36. The van der Waals surface area contributed by atoms with E-state index in [1.807, 2.05) is 6.07 Å². The van der Waals surface area contributed by atoms with Gasteiger partial charge in [0.25, 0.3) is 5.79 Å². The molecule has 1 rings (SSSR count). The molecule has 0 bridgehead atoms. The van der Waals surface area contributed by atoms with Crippen molar-refractivity contribution in [3.63, 3.8) is 0 Å². The molecule has 1 heterocycles. The molecule has 7 heteroatoms. The minimum absolute atomic E-state index is 0.0419. The lowest BCUT2D eigenvalue weighted by molar-refractivity contribution is -0.243. The molecule has 0 aliphatic carbocycles. The molecule has 0 aromatic rings. The van der Waals surface area contributed by atoms with Crippen LogP contribution >= 0.6 is 12.2 Å². The van der Waals surface area contributed by atoms with Gasteiger partial charge in [-0.05, 0) is 0 Å². The minimum Gasteiger partial charge on any atom is -0.422 e. The molecular weight excluding hydrogens is 268 g/mol. The highest BCUT2D eigenvalue weighted by molar-refractivity contribution is 7.80. The zero-order chi connectivity index (χ0) is 14.8. The van der Waals surface area contributed by atoms with Crippen LogP contribution in [0.5, 0.6) is 0 Å². The lowest BCUT2D eigenvalue weighted by atomic mass is 9.79. The highest BCUT2D eigenvalue weighted by atomic mass is 32.1. The predicted molar refractivity (Wildman–Crippen MR) is 69.4 cm³/mol. The number of ether oxygens (including phenoxy) is 2. The Hall–Kier alpha value is -1.68. The maximum absolute atomic E-state index is 11.9. The molecule has 0 aromatic heterocycles. The highest BCUT2D eigenvalue weighted by Crippen LogP contribution is 2.33. The van der Waals surface area contributed by atoms with Gasteiger partial charge in [-0.25, -0.2) is 0 Å². The zero-order valence-electron chi connectivity index (χ0n) is 11.0. The Labute approximate surface area is 116 Å². The van der Waals surface area contributed by atoms with E-state index in [1.54, 1.807) is 6.92 Å². The van der Waals surface area contributed by atoms with Gasteiger partial charge >= 0.3 is 11.9 Å². The van der Waals surface area contributed by atoms with E-state index in [1.165, 1.54) is 13.8 Å². The smallest absolute Gasteiger partial charge is 0.323 e. The van der Waals surface area contributed by atoms with Gasteiger partial charge in [-0.2, -0.15) is 5.26 Å². The van der Waals surface area contributed by atoms with E-state index in [-0.39, 0.29) is 4.99 Å². The van der Waals surface area contributed by atoms with Crippen LogP contribution in [-0.4, -0.2) is 22.7 Å². The molecule has 1 aliphatic heterocycles. The zero-order valence-corrected chi connectivity index (χ0v) is 11.8. The summed E-state index contributed by atoms with van der Waals surface area (Å²) < 4.78 is 10.1. The molecule has 0 spiro atoms. The molecule has 1 fully saturated rings. The standard InChI is InChI=1S/C12H16N2O4S/c1-4-6(7(5-13)9(14)19)8-10(15)17-12(2,3)18-11(8)16/h6-8H,4H2,1-3H3,(H2,14,19)/t6-,7+/m1/s1. The number of nitriles is 1. The number of nitrogens with zero attached hydrogens (tertiary/aromatic N) is 1. The summed E-state index contributed by atoms with van der Waals surface area (Å²) in [6.07, 6.45) is 0.380. The van der Waals surface area contributed by atoms with E-state index < -0.39 is 35.5 Å². The second-order valence-electron chi connectivity index (χ2n) is 4.80. The van der Waals surface area contributed by atoms with Crippen LogP contribution in [0.4, 0.5) is 0 Å². The number of carbonyl (C=O) groups excluding carboxylic acids is 2. The van der Waals surface area contributed by atoms with Crippen molar-refractivity contribution in [2.45, 2.75) is 33.0 Å². The van der Waals surface area contributed by atoms with Crippen molar-refractivity contribution >= 4 is 29.1 Å². The van der Waals surface area contributed by atoms with Crippen molar-refractivity contribution in [2.24, 2.45) is 23.5 Å². The van der Waals surface area contributed by atoms with Crippen LogP contribution in [0.15, 0.2) is 0 Å². The third kappa shape index (κ3) is 3.20. The fourth-order valence-corrected chi connectivity index (χ4v) is 2.34. The molecule has 2 N–H and O–H groups in total. The number of thiocarbonyl (C=S) groups is 1. The summed E-state index contributed by atoms with van der Waals surface area (Å²) in [5, 5.41) is 9.08. The van der Waals surface area contributed by atoms with Gasteiger partial charge in [0.1, 0.15) is 5.92 Å². The van der Waals surface area contributed by atoms with Crippen LogP contribution < -0.4 is 5.73 Å². The first-order chi connectivity index (χ1) is 8.73. The van der Waals surface area contributed by atoms with Crippen LogP contribution in [0.2, 0.25) is 0 Å². The van der Waals surface area contributed by atoms with Gasteiger partial charge in [-0.3, -0.25) is 9.59 Å². The van der Waals surface area contributed by atoms with Crippen molar-refractivity contribution in [1.29, 1.82) is 5.26 Å². The fraction of sp³-hybridized carbons (Fsp3) is 0.667. The highest BCUT2D eigenvalue weighted by Gasteiger charge is 2.49. The monoisotopic (exact) mass is 284 g/mol. The molecule has 0 aromatic carbocycles. The first-order valence-corrected chi connectivity index (χ1v) is 6.29. The first kappa shape index (κ1) is 15.4. The SMILES string of the molecule is CC[C@@H](C1C(=O)OC(C)(C)OC1=O)[C@H](C#N)C(N)=S. The summed E-state index contributed by atoms with van der Waals surface area (Å²) in [7, 11) is 0. The van der Waals surface area contributed by atoms with E-state index in [0.29, 0.717) is 6.42 Å².